The van der Waals surface area contributed by atoms with Crippen molar-refractivity contribution in [2.45, 2.75) is 30.6 Å². The van der Waals surface area contributed by atoms with Gasteiger partial charge in [-0.15, -0.1) is 0 Å². The fourth-order valence-corrected chi connectivity index (χ4v) is 2.28. The lowest BCUT2D eigenvalue weighted by molar-refractivity contribution is -0.232. The summed E-state index contributed by atoms with van der Waals surface area (Å²) in [6.07, 6.45) is 3.01. The minimum absolute atomic E-state index is 0.0755. The Balaban J connectivity index is 1.84. The standard InChI is InChI=1S/C13H19N3O5S/c17-6-8-9(18)10(19)11(20)12(21-8)15-13(22)16-14-5-7-3-1-2-4-7/h1-5,7-12,17-20H,6H2,(H2,15,16,22)/b14-5+/t8-,9-,10+,11-,12-/m1/s1. The Bertz CT molecular complexity index is 470. The van der Waals surface area contributed by atoms with E-state index >= 15 is 0 Å². The van der Waals surface area contributed by atoms with Crippen LogP contribution in [0.5, 0.6) is 0 Å². The lowest BCUT2D eigenvalue weighted by Crippen LogP contribution is -2.63. The van der Waals surface area contributed by atoms with Gasteiger partial charge in [-0.1, -0.05) is 24.3 Å². The molecule has 0 spiro atoms. The summed E-state index contributed by atoms with van der Waals surface area (Å²) in [5.41, 5.74) is 2.56. The van der Waals surface area contributed by atoms with Gasteiger partial charge in [-0.3, -0.25) is 5.43 Å². The first-order valence-corrected chi connectivity index (χ1v) is 7.19. The van der Waals surface area contributed by atoms with Gasteiger partial charge in [0.05, 0.1) is 6.61 Å². The van der Waals surface area contributed by atoms with Gasteiger partial charge >= 0.3 is 0 Å². The number of rotatable bonds is 4. The van der Waals surface area contributed by atoms with Crippen LogP contribution in [0.1, 0.15) is 0 Å². The smallest absolute Gasteiger partial charge is 0.189 e. The van der Waals surface area contributed by atoms with Crippen LogP contribution in [0.15, 0.2) is 29.4 Å². The van der Waals surface area contributed by atoms with Gasteiger partial charge in [0, 0.05) is 12.1 Å². The van der Waals surface area contributed by atoms with Crippen LogP contribution in [0.4, 0.5) is 0 Å². The number of nitrogens with one attached hydrogen (secondary N) is 2. The van der Waals surface area contributed by atoms with Crippen molar-refractivity contribution in [3.8, 4) is 0 Å². The molecule has 22 heavy (non-hydrogen) atoms. The Morgan fingerprint density at radius 1 is 1.18 bits per heavy atom. The van der Waals surface area contributed by atoms with E-state index in [1.165, 1.54) is 0 Å². The highest BCUT2D eigenvalue weighted by Crippen LogP contribution is 2.19. The molecule has 1 aliphatic carbocycles. The lowest BCUT2D eigenvalue weighted by atomic mass is 9.98. The second-order valence-electron chi connectivity index (χ2n) is 4.96. The molecule has 0 bridgehead atoms. The molecule has 0 amide bonds. The Labute approximate surface area is 132 Å². The molecule has 0 aromatic heterocycles. The molecule has 1 fully saturated rings. The third kappa shape index (κ3) is 4.09. The highest BCUT2D eigenvalue weighted by atomic mass is 32.1. The Hall–Kier alpha value is -1.36. The zero-order chi connectivity index (χ0) is 16.1. The van der Waals surface area contributed by atoms with Gasteiger partial charge in [-0.2, -0.15) is 5.10 Å². The van der Waals surface area contributed by atoms with Gasteiger partial charge in [-0.05, 0) is 12.2 Å². The van der Waals surface area contributed by atoms with E-state index in [-0.39, 0.29) is 11.0 Å². The topological polar surface area (TPSA) is 127 Å². The number of ether oxygens (including phenoxy) is 1. The maximum absolute atomic E-state index is 9.84. The summed E-state index contributed by atoms with van der Waals surface area (Å²) in [5, 5.41) is 44.9. The van der Waals surface area contributed by atoms with Gasteiger partial charge in [-0.25, -0.2) is 0 Å². The first kappa shape index (κ1) is 17.0. The average Bonchev–Trinajstić information content (AvgIpc) is 3.01. The van der Waals surface area contributed by atoms with Crippen molar-refractivity contribution in [2.75, 3.05) is 6.61 Å². The van der Waals surface area contributed by atoms with Gasteiger partial charge in [0.25, 0.3) is 0 Å². The molecule has 1 saturated heterocycles. The van der Waals surface area contributed by atoms with Crippen molar-refractivity contribution in [2.24, 2.45) is 11.0 Å². The molecule has 0 aromatic rings. The molecule has 5 atom stereocenters. The maximum atomic E-state index is 9.84. The predicted molar refractivity (Wildman–Crippen MR) is 82.9 cm³/mol. The molecule has 1 heterocycles. The summed E-state index contributed by atoms with van der Waals surface area (Å²) in [5.74, 6) is 0.0996. The summed E-state index contributed by atoms with van der Waals surface area (Å²) >= 11 is 5.00. The van der Waals surface area contributed by atoms with Gasteiger partial charge < -0.3 is 30.5 Å². The van der Waals surface area contributed by atoms with Crippen LogP contribution in [-0.4, -0.2) is 69.0 Å². The first-order valence-electron chi connectivity index (χ1n) is 6.78. The van der Waals surface area contributed by atoms with E-state index in [2.05, 4.69) is 15.8 Å². The molecule has 2 rings (SSSR count). The van der Waals surface area contributed by atoms with Crippen LogP contribution in [0.2, 0.25) is 0 Å². The summed E-state index contributed by atoms with van der Waals surface area (Å²) in [4.78, 5) is 0. The Morgan fingerprint density at radius 3 is 2.50 bits per heavy atom. The number of hydrogen-bond acceptors (Lipinski definition) is 7. The molecular weight excluding hydrogens is 310 g/mol. The van der Waals surface area contributed by atoms with E-state index in [1.54, 1.807) is 6.21 Å². The van der Waals surface area contributed by atoms with Crippen LogP contribution >= 0.6 is 12.2 Å². The van der Waals surface area contributed by atoms with Crippen molar-refractivity contribution >= 4 is 23.5 Å². The SMILES string of the molecule is OC[C@H]1O[C@@H](NC(=S)N/N=C/C2C=CC=C2)[C@H](O)[C@@H](O)[C@@H]1O. The quantitative estimate of drug-likeness (QED) is 0.198. The zero-order valence-electron chi connectivity index (χ0n) is 11.6. The predicted octanol–water partition coefficient (Wildman–Crippen LogP) is -2.02. The highest BCUT2D eigenvalue weighted by molar-refractivity contribution is 7.80. The van der Waals surface area contributed by atoms with Crippen LogP contribution in [0, 0.1) is 5.92 Å². The molecule has 8 nitrogen and oxygen atoms in total. The molecule has 0 saturated carbocycles. The van der Waals surface area contributed by atoms with Crippen LogP contribution in [-0.2, 0) is 4.74 Å². The Morgan fingerprint density at radius 2 is 1.86 bits per heavy atom. The summed E-state index contributed by atoms with van der Waals surface area (Å²) in [7, 11) is 0. The van der Waals surface area contributed by atoms with E-state index in [0.29, 0.717) is 0 Å². The number of aliphatic hydroxyl groups excluding tert-OH is 4. The summed E-state index contributed by atoms with van der Waals surface area (Å²) in [6, 6.07) is 0. The molecule has 2 aliphatic rings. The molecule has 9 heteroatoms. The first-order chi connectivity index (χ1) is 10.5. The third-order valence-electron chi connectivity index (χ3n) is 3.36. The summed E-state index contributed by atoms with van der Waals surface area (Å²) in [6.45, 7) is -0.498. The minimum Gasteiger partial charge on any atom is -0.394 e. The number of nitrogens with zero attached hydrogens (tertiary/aromatic N) is 1. The van der Waals surface area contributed by atoms with Crippen molar-refractivity contribution < 1.29 is 25.2 Å². The molecule has 1 aliphatic heterocycles. The van der Waals surface area contributed by atoms with E-state index in [4.69, 9.17) is 22.1 Å². The fraction of sp³-hybridized carbons (Fsp3) is 0.538. The van der Waals surface area contributed by atoms with Gasteiger partial charge in [0.15, 0.2) is 11.3 Å². The molecule has 0 unspecified atom stereocenters. The molecular formula is C13H19N3O5S. The van der Waals surface area contributed by atoms with E-state index in [9.17, 15) is 15.3 Å². The molecule has 0 radical (unpaired) electrons. The highest BCUT2D eigenvalue weighted by Gasteiger charge is 2.43. The van der Waals surface area contributed by atoms with Gasteiger partial charge in [0.1, 0.15) is 24.4 Å². The second kappa shape index (κ2) is 7.77. The number of hydrogen-bond donors (Lipinski definition) is 6. The van der Waals surface area contributed by atoms with Crippen molar-refractivity contribution in [1.29, 1.82) is 0 Å². The zero-order valence-corrected chi connectivity index (χ0v) is 12.4. The van der Waals surface area contributed by atoms with Crippen LogP contribution < -0.4 is 10.7 Å². The monoisotopic (exact) mass is 329 g/mol. The van der Waals surface area contributed by atoms with E-state index in [0.717, 1.165) is 0 Å². The average molecular weight is 329 g/mol. The third-order valence-corrected chi connectivity index (χ3v) is 3.57. The normalized spacial score (nSPS) is 35.2. The second-order valence-corrected chi connectivity index (χ2v) is 5.37. The van der Waals surface area contributed by atoms with Crippen LogP contribution in [0.25, 0.3) is 0 Å². The number of aliphatic hydroxyl groups is 4. The van der Waals surface area contributed by atoms with Crippen molar-refractivity contribution in [1.82, 2.24) is 10.7 Å². The number of hydrazone groups is 1. The van der Waals surface area contributed by atoms with E-state index in [1.807, 2.05) is 24.3 Å². The lowest BCUT2D eigenvalue weighted by Gasteiger charge is -2.40. The summed E-state index contributed by atoms with van der Waals surface area (Å²) < 4.78 is 5.26. The fourth-order valence-electron chi connectivity index (χ4n) is 2.11. The van der Waals surface area contributed by atoms with Crippen molar-refractivity contribution in [3.63, 3.8) is 0 Å². The molecule has 6 N–H and O–H groups in total. The molecule has 0 aromatic carbocycles. The van der Waals surface area contributed by atoms with Crippen LogP contribution in [0.3, 0.4) is 0 Å². The van der Waals surface area contributed by atoms with Crippen molar-refractivity contribution in [3.05, 3.63) is 24.3 Å². The number of allylic oxidation sites excluding steroid dienone is 4. The van der Waals surface area contributed by atoms with Gasteiger partial charge in [0.2, 0.25) is 0 Å². The number of thiocarbonyl (C=S) groups is 1. The largest absolute Gasteiger partial charge is 0.394 e. The van der Waals surface area contributed by atoms with E-state index < -0.39 is 37.3 Å². The maximum Gasteiger partial charge on any atom is 0.189 e. The molecule has 122 valence electrons. The Kier molecular flexibility index (Phi) is 6.00. The minimum atomic E-state index is -1.46.